The Hall–Kier alpha value is -0.930. The SMILES string of the molecule is Brc1ccccc1OCC1CSc2ccccc21. The Morgan fingerprint density at radius 1 is 1.11 bits per heavy atom. The second-order valence-electron chi connectivity index (χ2n) is 4.29. The predicted octanol–water partition coefficient (Wildman–Crippen LogP) is 4.72. The van der Waals surface area contributed by atoms with Gasteiger partial charge in [0.1, 0.15) is 5.75 Å². The monoisotopic (exact) mass is 320 g/mol. The Bertz CT molecular complexity index is 556. The topological polar surface area (TPSA) is 9.23 Å². The zero-order valence-electron chi connectivity index (χ0n) is 9.80. The highest BCUT2D eigenvalue weighted by Gasteiger charge is 2.23. The van der Waals surface area contributed by atoms with Gasteiger partial charge in [0.25, 0.3) is 0 Å². The highest BCUT2D eigenvalue weighted by molar-refractivity contribution is 9.10. The molecule has 1 atom stereocenters. The molecule has 2 aromatic carbocycles. The molecule has 1 aliphatic rings. The summed E-state index contributed by atoms with van der Waals surface area (Å²) in [5, 5.41) is 0. The van der Waals surface area contributed by atoms with Crippen molar-refractivity contribution in [2.24, 2.45) is 0 Å². The van der Waals surface area contributed by atoms with Crippen LogP contribution in [0.15, 0.2) is 57.9 Å². The van der Waals surface area contributed by atoms with Crippen LogP contribution in [0.4, 0.5) is 0 Å². The van der Waals surface area contributed by atoms with Crippen LogP contribution in [0.25, 0.3) is 0 Å². The highest BCUT2D eigenvalue weighted by Crippen LogP contribution is 2.39. The number of hydrogen-bond donors (Lipinski definition) is 0. The molecule has 2 aromatic rings. The number of benzene rings is 2. The van der Waals surface area contributed by atoms with Crippen LogP contribution in [0.2, 0.25) is 0 Å². The van der Waals surface area contributed by atoms with Crippen molar-refractivity contribution in [1.82, 2.24) is 0 Å². The first-order chi connectivity index (χ1) is 8.84. The summed E-state index contributed by atoms with van der Waals surface area (Å²) in [6, 6.07) is 16.6. The van der Waals surface area contributed by atoms with Crippen molar-refractivity contribution in [3.63, 3.8) is 0 Å². The van der Waals surface area contributed by atoms with Gasteiger partial charge >= 0.3 is 0 Å². The van der Waals surface area contributed by atoms with Crippen LogP contribution in [-0.4, -0.2) is 12.4 Å². The van der Waals surface area contributed by atoms with E-state index in [1.54, 1.807) is 0 Å². The largest absolute Gasteiger partial charge is 0.492 e. The second kappa shape index (κ2) is 5.37. The van der Waals surface area contributed by atoms with Crippen molar-refractivity contribution in [3.8, 4) is 5.75 Å². The van der Waals surface area contributed by atoms with E-state index in [9.17, 15) is 0 Å². The van der Waals surface area contributed by atoms with Crippen LogP contribution < -0.4 is 4.74 Å². The Morgan fingerprint density at radius 3 is 2.78 bits per heavy atom. The average molecular weight is 321 g/mol. The van der Waals surface area contributed by atoms with Gasteiger partial charge in [-0.3, -0.25) is 0 Å². The van der Waals surface area contributed by atoms with Crippen LogP contribution in [-0.2, 0) is 0 Å². The molecule has 3 rings (SSSR count). The van der Waals surface area contributed by atoms with Crippen molar-refractivity contribution in [2.45, 2.75) is 10.8 Å². The first-order valence-electron chi connectivity index (χ1n) is 5.93. The lowest BCUT2D eigenvalue weighted by atomic mass is 10.0. The minimum atomic E-state index is 0.498. The molecule has 0 radical (unpaired) electrons. The molecule has 0 fully saturated rings. The number of ether oxygens (including phenoxy) is 1. The molecule has 0 aliphatic carbocycles. The summed E-state index contributed by atoms with van der Waals surface area (Å²) in [6.07, 6.45) is 0. The summed E-state index contributed by atoms with van der Waals surface area (Å²) in [7, 11) is 0. The number of fused-ring (bicyclic) bond motifs is 1. The molecule has 3 heteroatoms. The highest BCUT2D eigenvalue weighted by atomic mass is 79.9. The summed E-state index contributed by atoms with van der Waals surface area (Å²) < 4.78 is 6.93. The molecular formula is C15H13BrOS. The Labute approximate surface area is 120 Å². The van der Waals surface area contributed by atoms with Gasteiger partial charge in [0.15, 0.2) is 0 Å². The van der Waals surface area contributed by atoms with Gasteiger partial charge in [-0.15, -0.1) is 11.8 Å². The maximum atomic E-state index is 5.92. The smallest absolute Gasteiger partial charge is 0.133 e. The van der Waals surface area contributed by atoms with Crippen molar-refractivity contribution < 1.29 is 4.74 Å². The van der Waals surface area contributed by atoms with E-state index in [0.717, 1.165) is 22.6 Å². The Kier molecular flexibility index (Phi) is 3.62. The molecule has 0 saturated carbocycles. The third kappa shape index (κ3) is 2.43. The molecule has 1 unspecified atom stereocenters. The predicted molar refractivity (Wildman–Crippen MR) is 79.5 cm³/mol. The second-order valence-corrected chi connectivity index (χ2v) is 6.20. The summed E-state index contributed by atoms with van der Waals surface area (Å²) in [5.74, 6) is 2.54. The van der Waals surface area contributed by atoms with Gasteiger partial charge in [0.2, 0.25) is 0 Å². The number of halogens is 1. The van der Waals surface area contributed by atoms with Crippen molar-refractivity contribution in [1.29, 1.82) is 0 Å². The normalized spacial score (nSPS) is 17.5. The molecule has 0 bridgehead atoms. The zero-order valence-corrected chi connectivity index (χ0v) is 12.2. The standard InChI is InChI=1S/C15H13BrOS/c16-13-6-2-3-7-14(13)17-9-11-10-18-15-8-4-1-5-12(11)15/h1-8,11H,9-10H2. The molecule has 0 spiro atoms. The number of thioether (sulfide) groups is 1. The molecular weight excluding hydrogens is 308 g/mol. The summed E-state index contributed by atoms with van der Waals surface area (Å²) >= 11 is 5.43. The van der Waals surface area contributed by atoms with Gasteiger partial charge in [-0.25, -0.2) is 0 Å². The maximum absolute atomic E-state index is 5.92. The molecule has 1 heterocycles. The van der Waals surface area contributed by atoms with Gasteiger partial charge in [-0.05, 0) is 39.7 Å². The fourth-order valence-corrected chi connectivity index (χ4v) is 3.75. The van der Waals surface area contributed by atoms with Crippen LogP contribution in [0, 0.1) is 0 Å². The van der Waals surface area contributed by atoms with Crippen molar-refractivity contribution >= 4 is 27.7 Å². The summed E-state index contributed by atoms with van der Waals surface area (Å²) in [5.41, 5.74) is 1.43. The van der Waals surface area contributed by atoms with Gasteiger partial charge < -0.3 is 4.74 Å². The van der Waals surface area contributed by atoms with Crippen molar-refractivity contribution in [2.75, 3.05) is 12.4 Å². The lowest BCUT2D eigenvalue weighted by molar-refractivity contribution is 0.296. The van der Waals surface area contributed by atoms with Gasteiger partial charge in [-0.2, -0.15) is 0 Å². The van der Waals surface area contributed by atoms with Crippen LogP contribution in [0.1, 0.15) is 11.5 Å². The van der Waals surface area contributed by atoms with E-state index >= 15 is 0 Å². The molecule has 1 aliphatic heterocycles. The van der Waals surface area contributed by atoms with Crippen molar-refractivity contribution in [3.05, 3.63) is 58.6 Å². The van der Waals surface area contributed by atoms with Crippen LogP contribution >= 0.6 is 27.7 Å². The molecule has 0 N–H and O–H groups in total. The number of para-hydroxylation sites is 1. The minimum absolute atomic E-state index is 0.498. The van der Waals surface area contributed by atoms with E-state index in [-0.39, 0.29) is 0 Å². The van der Waals surface area contributed by atoms with Gasteiger partial charge in [0.05, 0.1) is 11.1 Å². The van der Waals surface area contributed by atoms with Gasteiger partial charge in [-0.1, -0.05) is 30.3 Å². The fraction of sp³-hybridized carbons (Fsp3) is 0.200. The third-order valence-corrected chi connectivity index (χ3v) is 4.98. The summed E-state index contributed by atoms with van der Waals surface area (Å²) in [4.78, 5) is 1.40. The molecule has 0 aromatic heterocycles. The van der Waals surface area contributed by atoms with E-state index in [2.05, 4.69) is 40.2 Å². The van der Waals surface area contributed by atoms with E-state index in [1.165, 1.54) is 10.5 Å². The summed E-state index contributed by atoms with van der Waals surface area (Å²) in [6.45, 7) is 0.743. The first kappa shape index (κ1) is 12.1. The van der Waals surface area contributed by atoms with Crippen LogP contribution in [0.5, 0.6) is 5.75 Å². The average Bonchev–Trinajstić information content (AvgIpc) is 2.81. The number of rotatable bonds is 3. The molecule has 0 saturated heterocycles. The van der Waals surface area contributed by atoms with Crippen LogP contribution in [0.3, 0.4) is 0 Å². The maximum Gasteiger partial charge on any atom is 0.133 e. The third-order valence-electron chi connectivity index (χ3n) is 3.08. The lowest BCUT2D eigenvalue weighted by Gasteiger charge is -2.13. The van der Waals surface area contributed by atoms with E-state index < -0.39 is 0 Å². The molecule has 1 nitrogen and oxygen atoms in total. The fourth-order valence-electron chi connectivity index (χ4n) is 2.12. The zero-order chi connectivity index (χ0) is 12.4. The molecule has 0 amide bonds. The lowest BCUT2D eigenvalue weighted by Crippen LogP contribution is -2.09. The Morgan fingerprint density at radius 2 is 1.89 bits per heavy atom. The van der Waals surface area contributed by atoms with E-state index in [4.69, 9.17) is 4.74 Å². The quantitative estimate of drug-likeness (QED) is 0.809. The first-order valence-corrected chi connectivity index (χ1v) is 7.71. The molecule has 92 valence electrons. The number of hydrogen-bond acceptors (Lipinski definition) is 2. The van der Waals surface area contributed by atoms with E-state index in [1.807, 2.05) is 36.0 Å². The minimum Gasteiger partial charge on any atom is -0.492 e. The molecule has 18 heavy (non-hydrogen) atoms. The van der Waals surface area contributed by atoms with E-state index in [0.29, 0.717) is 5.92 Å². The Balaban J connectivity index is 1.71. The van der Waals surface area contributed by atoms with Gasteiger partial charge in [0, 0.05) is 16.6 Å².